The van der Waals surface area contributed by atoms with E-state index < -0.39 is 5.41 Å². The Labute approximate surface area is 120 Å². The van der Waals surface area contributed by atoms with Gasteiger partial charge in [-0.15, -0.1) is 0 Å². The maximum Gasteiger partial charge on any atom is 0.214 e. The SMILES string of the molecule is O=CC1(c2ccc(Cl)cc2)C=C(c2ncon2)C=NC1. The highest BCUT2D eigenvalue weighted by atomic mass is 35.5. The van der Waals surface area contributed by atoms with Gasteiger partial charge in [0.05, 0.1) is 12.0 Å². The molecule has 1 aliphatic rings. The summed E-state index contributed by atoms with van der Waals surface area (Å²) >= 11 is 5.88. The lowest BCUT2D eigenvalue weighted by atomic mass is 9.79. The Morgan fingerprint density at radius 3 is 2.75 bits per heavy atom. The molecule has 5 nitrogen and oxygen atoms in total. The molecule has 1 atom stereocenters. The molecule has 20 heavy (non-hydrogen) atoms. The molecular formula is C14H10ClN3O2. The number of carbonyl (C=O) groups excluding carboxylic acids is 1. The van der Waals surface area contributed by atoms with Gasteiger partial charge < -0.3 is 9.32 Å². The molecule has 1 aromatic heterocycles. The fraction of sp³-hybridized carbons (Fsp3) is 0.143. The van der Waals surface area contributed by atoms with E-state index in [0.29, 0.717) is 23.0 Å². The van der Waals surface area contributed by atoms with Gasteiger partial charge in [-0.3, -0.25) is 4.99 Å². The average Bonchev–Trinajstić information content (AvgIpc) is 3.02. The maximum absolute atomic E-state index is 11.7. The standard InChI is InChI=1S/C14H10ClN3O2/c15-12-3-1-11(2-4-12)14(8-19)5-10(6-16-7-14)13-17-9-20-18-13/h1-6,8-9H,7H2. The van der Waals surface area contributed by atoms with E-state index in [-0.39, 0.29) is 0 Å². The van der Waals surface area contributed by atoms with Gasteiger partial charge >= 0.3 is 0 Å². The van der Waals surface area contributed by atoms with Crippen LogP contribution in [0.5, 0.6) is 0 Å². The summed E-state index contributed by atoms with van der Waals surface area (Å²) in [6.07, 6.45) is 5.57. The second-order valence-corrected chi connectivity index (χ2v) is 4.93. The molecule has 0 fully saturated rings. The first kappa shape index (κ1) is 12.7. The number of hydrogen-bond donors (Lipinski definition) is 0. The van der Waals surface area contributed by atoms with Crippen LogP contribution in [0.1, 0.15) is 11.4 Å². The normalized spacial score (nSPS) is 21.6. The smallest absolute Gasteiger partial charge is 0.214 e. The molecule has 1 aromatic carbocycles. The molecule has 0 N–H and O–H groups in total. The van der Waals surface area contributed by atoms with Crippen LogP contribution in [0.3, 0.4) is 0 Å². The van der Waals surface area contributed by atoms with Crippen molar-refractivity contribution < 1.29 is 9.32 Å². The van der Waals surface area contributed by atoms with E-state index >= 15 is 0 Å². The van der Waals surface area contributed by atoms with Gasteiger partial charge in [-0.05, 0) is 17.7 Å². The maximum atomic E-state index is 11.7. The Bertz CT molecular complexity index is 677. The van der Waals surface area contributed by atoms with Gasteiger partial charge in [0.1, 0.15) is 6.29 Å². The Hall–Kier alpha value is -2.27. The lowest BCUT2D eigenvalue weighted by Gasteiger charge is -2.26. The van der Waals surface area contributed by atoms with Gasteiger partial charge in [0.25, 0.3) is 0 Å². The first-order valence-electron chi connectivity index (χ1n) is 5.95. The van der Waals surface area contributed by atoms with E-state index in [1.165, 1.54) is 6.39 Å². The van der Waals surface area contributed by atoms with Gasteiger partial charge in [0.15, 0.2) is 0 Å². The number of halogens is 1. The minimum atomic E-state index is -0.824. The number of dihydropyridines is 1. The Morgan fingerprint density at radius 1 is 1.30 bits per heavy atom. The van der Waals surface area contributed by atoms with Crippen LogP contribution in [0.25, 0.3) is 5.57 Å². The second kappa shape index (κ2) is 5.02. The summed E-state index contributed by atoms with van der Waals surface area (Å²) in [5.74, 6) is 0.411. The van der Waals surface area contributed by atoms with Crippen molar-refractivity contribution in [2.75, 3.05) is 6.54 Å². The van der Waals surface area contributed by atoms with E-state index in [1.54, 1.807) is 24.4 Å². The zero-order chi connectivity index (χ0) is 14.0. The van der Waals surface area contributed by atoms with Crippen LogP contribution in [-0.4, -0.2) is 29.2 Å². The second-order valence-electron chi connectivity index (χ2n) is 4.49. The third-order valence-corrected chi connectivity index (χ3v) is 3.46. The van der Waals surface area contributed by atoms with Gasteiger partial charge in [-0.25, -0.2) is 0 Å². The first-order chi connectivity index (χ1) is 9.73. The number of nitrogens with zero attached hydrogens (tertiary/aromatic N) is 3. The van der Waals surface area contributed by atoms with Crippen molar-refractivity contribution in [2.45, 2.75) is 5.41 Å². The van der Waals surface area contributed by atoms with Crippen LogP contribution in [0.15, 0.2) is 46.3 Å². The quantitative estimate of drug-likeness (QED) is 0.813. The van der Waals surface area contributed by atoms with Crippen molar-refractivity contribution in [2.24, 2.45) is 4.99 Å². The molecule has 2 aromatic rings. The zero-order valence-corrected chi connectivity index (χ0v) is 11.1. The zero-order valence-electron chi connectivity index (χ0n) is 10.4. The van der Waals surface area contributed by atoms with Crippen LogP contribution in [0.2, 0.25) is 5.02 Å². The van der Waals surface area contributed by atoms with Gasteiger partial charge in [-0.1, -0.05) is 35.0 Å². The third kappa shape index (κ3) is 2.16. The predicted octanol–water partition coefficient (Wildman–Crippen LogP) is 2.33. The number of carbonyl (C=O) groups is 1. The highest BCUT2D eigenvalue weighted by Gasteiger charge is 2.32. The molecule has 2 heterocycles. The molecule has 0 aliphatic carbocycles. The summed E-state index contributed by atoms with van der Waals surface area (Å²) in [6, 6.07) is 7.15. The van der Waals surface area contributed by atoms with E-state index in [1.807, 2.05) is 12.1 Å². The van der Waals surface area contributed by atoms with Crippen molar-refractivity contribution in [3.05, 3.63) is 53.1 Å². The molecule has 0 radical (unpaired) electrons. The molecule has 0 spiro atoms. The number of rotatable bonds is 3. The van der Waals surface area contributed by atoms with Gasteiger partial charge in [0.2, 0.25) is 12.2 Å². The summed E-state index contributed by atoms with van der Waals surface area (Å²) in [5.41, 5.74) is 0.664. The molecule has 1 aliphatic heterocycles. The average molecular weight is 288 g/mol. The Balaban J connectivity index is 2.07. The van der Waals surface area contributed by atoms with Gasteiger partial charge in [0, 0.05) is 16.8 Å². The van der Waals surface area contributed by atoms with Crippen molar-refractivity contribution in [3.8, 4) is 0 Å². The Morgan fingerprint density at radius 2 is 2.10 bits per heavy atom. The summed E-state index contributed by atoms with van der Waals surface area (Å²) in [7, 11) is 0. The largest absolute Gasteiger partial charge is 0.342 e. The molecule has 0 amide bonds. The minimum absolute atomic E-state index is 0.347. The van der Waals surface area contributed by atoms with Crippen LogP contribution in [0.4, 0.5) is 0 Å². The minimum Gasteiger partial charge on any atom is -0.342 e. The van der Waals surface area contributed by atoms with Crippen LogP contribution >= 0.6 is 11.6 Å². The van der Waals surface area contributed by atoms with Crippen LogP contribution < -0.4 is 0 Å². The third-order valence-electron chi connectivity index (χ3n) is 3.21. The molecule has 100 valence electrons. The topological polar surface area (TPSA) is 68.3 Å². The lowest BCUT2D eigenvalue weighted by molar-refractivity contribution is -0.110. The van der Waals surface area contributed by atoms with Crippen molar-refractivity contribution in [1.29, 1.82) is 0 Å². The summed E-state index contributed by atoms with van der Waals surface area (Å²) in [6.45, 7) is 0.347. The first-order valence-corrected chi connectivity index (χ1v) is 6.33. The number of aldehydes is 1. The number of hydrogen-bond acceptors (Lipinski definition) is 5. The van der Waals surface area contributed by atoms with E-state index in [0.717, 1.165) is 11.8 Å². The molecular weight excluding hydrogens is 278 g/mol. The summed E-state index contributed by atoms with van der Waals surface area (Å²) in [4.78, 5) is 19.9. The van der Waals surface area contributed by atoms with E-state index in [9.17, 15) is 4.79 Å². The molecule has 0 saturated heterocycles. The Kier molecular flexibility index (Phi) is 3.20. The van der Waals surface area contributed by atoms with Crippen LogP contribution in [-0.2, 0) is 10.2 Å². The fourth-order valence-electron chi connectivity index (χ4n) is 2.15. The van der Waals surface area contributed by atoms with Crippen molar-refractivity contribution in [1.82, 2.24) is 10.1 Å². The van der Waals surface area contributed by atoms with Crippen molar-refractivity contribution >= 4 is 29.7 Å². The highest BCUT2D eigenvalue weighted by Crippen LogP contribution is 2.30. The number of aromatic nitrogens is 2. The molecule has 6 heteroatoms. The van der Waals surface area contributed by atoms with E-state index in [4.69, 9.17) is 16.1 Å². The number of allylic oxidation sites excluding steroid dienone is 1. The predicted molar refractivity (Wildman–Crippen MR) is 74.8 cm³/mol. The van der Waals surface area contributed by atoms with E-state index in [2.05, 4.69) is 15.1 Å². The highest BCUT2D eigenvalue weighted by molar-refractivity contribution is 6.30. The van der Waals surface area contributed by atoms with Gasteiger partial charge in [-0.2, -0.15) is 4.98 Å². The molecule has 3 rings (SSSR count). The number of benzene rings is 1. The van der Waals surface area contributed by atoms with Crippen molar-refractivity contribution in [3.63, 3.8) is 0 Å². The molecule has 1 unspecified atom stereocenters. The fourth-order valence-corrected chi connectivity index (χ4v) is 2.28. The monoisotopic (exact) mass is 287 g/mol. The molecule has 0 saturated carbocycles. The van der Waals surface area contributed by atoms with Crippen LogP contribution in [0, 0.1) is 0 Å². The molecule has 0 bridgehead atoms. The lowest BCUT2D eigenvalue weighted by Crippen LogP contribution is -2.32. The summed E-state index contributed by atoms with van der Waals surface area (Å²) in [5, 5.41) is 4.39. The summed E-state index contributed by atoms with van der Waals surface area (Å²) < 4.78 is 4.72. The number of aliphatic imine (C=N–C) groups is 1.